The molecule has 0 bridgehead atoms. The number of carbonyl (C=O) groups excluding carboxylic acids is 1. The molecule has 0 aromatic rings. The van der Waals surface area contributed by atoms with E-state index >= 15 is 0 Å². The van der Waals surface area contributed by atoms with Crippen molar-refractivity contribution in [2.45, 2.75) is 83.5 Å². The summed E-state index contributed by atoms with van der Waals surface area (Å²) in [5.41, 5.74) is 0. The van der Waals surface area contributed by atoms with Crippen LogP contribution in [0.2, 0.25) is 0 Å². The molecular formula is C16H31N3O. The van der Waals surface area contributed by atoms with Gasteiger partial charge in [-0.05, 0) is 52.5 Å². The molecular weight excluding hydrogens is 250 g/mol. The zero-order chi connectivity index (χ0) is 14.5. The van der Waals surface area contributed by atoms with Crippen molar-refractivity contribution in [2.75, 3.05) is 13.1 Å². The van der Waals surface area contributed by atoms with Gasteiger partial charge in [0.25, 0.3) is 0 Å². The van der Waals surface area contributed by atoms with E-state index in [1.54, 1.807) is 0 Å². The Labute approximate surface area is 123 Å². The highest BCUT2D eigenvalue weighted by molar-refractivity contribution is 5.81. The normalized spacial score (nSPS) is 26.3. The minimum atomic E-state index is 0.000210. The molecule has 1 saturated carbocycles. The zero-order valence-electron chi connectivity index (χ0n) is 13.3. The Kier molecular flexibility index (Phi) is 5.85. The summed E-state index contributed by atoms with van der Waals surface area (Å²) in [5.74, 6) is 0.196. The van der Waals surface area contributed by atoms with Crippen molar-refractivity contribution in [3.63, 3.8) is 0 Å². The van der Waals surface area contributed by atoms with Crippen LogP contribution in [0, 0.1) is 0 Å². The van der Waals surface area contributed by atoms with E-state index in [9.17, 15) is 4.79 Å². The fourth-order valence-electron chi connectivity index (χ4n) is 2.98. The predicted molar refractivity (Wildman–Crippen MR) is 82.7 cm³/mol. The molecule has 0 spiro atoms. The van der Waals surface area contributed by atoms with Gasteiger partial charge >= 0.3 is 0 Å². The van der Waals surface area contributed by atoms with Gasteiger partial charge in [-0.15, -0.1) is 0 Å². The minimum Gasteiger partial charge on any atom is -0.352 e. The average Bonchev–Trinajstić information content (AvgIpc) is 3.29. The Morgan fingerprint density at radius 2 is 2.05 bits per heavy atom. The second-order valence-electron chi connectivity index (χ2n) is 6.57. The van der Waals surface area contributed by atoms with Crippen LogP contribution in [0.25, 0.3) is 0 Å². The molecule has 2 N–H and O–H groups in total. The van der Waals surface area contributed by atoms with Crippen LogP contribution in [-0.2, 0) is 4.79 Å². The number of hydrogen-bond donors (Lipinski definition) is 2. The molecule has 2 fully saturated rings. The molecule has 1 saturated heterocycles. The lowest BCUT2D eigenvalue weighted by molar-refractivity contribution is -0.126. The van der Waals surface area contributed by atoms with Gasteiger partial charge in [-0.2, -0.15) is 0 Å². The summed E-state index contributed by atoms with van der Waals surface area (Å²) in [6.07, 6.45) is 7.38. The van der Waals surface area contributed by atoms with Crippen molar-refractivity contribution in [3.05, 3.63) is 0 Å². The molecule has 1 amide bonds. The van der Waals surface area contributed by atoms with Gasteiger partial charge in [-0.25, -0.2) is 0 Å². The number of carbonyl (C=O) groups is 1. The van der Waals surface area contributed by atoms with Gasteiger partial charge in [0, 0.05) is 24.7 Å². The van der Waals surface area contributed by atoms with Crippen molar-refractivity contribution in [1.82, 2.24) is 15.5 Å². The molecule has 20 heavy (non-hydrogen) atoms. The third kappa shape index (κ3) is 4.45. The van der Waals surface area contributed by atoms with Crippen molar-refractivity contribution in [1.29, 1.82) is 0 Å². The Balaban J connectivity index is 1.88. The van der Waals surface area contributed by atoms with E-state index in [1.165, 1.54) is 32.1 Å². The van der Waals surface area contributed by atoms with E-state index in [2.05, 4.69) is 36.3 Å². The van der Waals surface area contributed by atoms with Gasteiger partial charge in [-0.1, -0.05) is 13.3 Å². The summed E-state index contributed by atoms with van der Waals surface area (Å²) in [4.78, 5) is 14.8. The van der Waals surface area contributed by atoms with E-state index in [0.29, 0.717) is 12.1 Å². The quantitative estimate of drug-likeness (QED) is 0.749. The molecule has 3 atom stereocenters. The van der Waals surface area contributed by atoms with Crippen LogP contribution in [-0.4, -0.2) is 48.1 Å². The smallest absolute Gasteiger partial charge is 0.237 e. The van der Waals surface area contributed by atoms with Gasteiger partial charge in [0.2, 0.25) is 5.91 Å². The molecule has 116 valence electrons. The van der Waals surface area contributed by atoms with Crippen LogP contribution in [0.1, 0.15) is 59.3 Å². The molecule has 2 rings (SSSR count). The molecule has 3 unspecified atom stereocenters. The summed E-state index contributed by atoms with van der Waals surface area (Å²) in [6, 6.07) is 1.48. The predicted octanol–water partition coefficient (Wildman–Crippen LogP) is 1.90. The van der Waals surface area contributed by atoms with Gasteiger partial charge in [0.1, 0.15) is 0 Å². The maximum atomic E-state index is 12.4. The highest BCUT2D eigenvalue weighted by Crippen LogP contribution is 2.29. The monoisotopic (exact) mass is 281 g/mol. The summed E-state index contributed by atoms with van der Waals surface area (Å²) >= 11 is 0. The van der Waals surface area contributed by atoms with Gasteiger partial charge in [0.15, 0.2) is 0 Å². The highest BCUT2D eigenvalue weighted by atomic mass is 16.2. The lowest BCUT2D eigenvalue weighted by Crippen LogP contribution is -2.53. The molecule has 4 nitrogen and oxygen atoms in total. The van der Waals surface area contributed by atoms with Crippen LogP contribution in [0.3, 0.4) is 0 Å². The third-order valence-corrected chi connectivity index (χ3v) is 4.74. The fraction of sp³-hybridized carbons (Fsp3) is 0.938. The number of amides is 1. The fourth-order valence-corrected chi connectivity index (χ4v) is 2.98. The van der Waals surface area contributed by atoms with Crippen LogP contribution >= 0.6 is 0 Å². The molecule has 2 aliphatic rings. The first-order valence-electron chi connectivity index (χ1n) is 8.41. The summed E-state index contributed by atoms with van der Waals surface area (Å²) in [6.45, 7) is 8.42. The molecule has 1 heterocycles. The second-order valence-corrected chi connectivity index (χ2v) is 6.57. The largest absolute Gasteiger partial charge is 0.352 e. The van der Waals surface area contributed by atoms with Gasteiger partial charge < -0.3 is 10.6 Å². The van der Waals surface area contributed by atoms with Crippen LogP contribution < -0.4 is 10.6 Å². The van der Waals surface area contributed by atoms with Crippen LogP contribution in [0.15, 0.2) is 0 Å². The number of nitrogens with zero attached hydrogens (tertiary/aromatic N) is 1. The van der Waals surface area contributed by atoms with Crippen LogP contribution in [0.4, 0.5) is 0 Å². The topological polar surface area (TPSA) is 44.4 Å². The van der Waals surface area contributed by atoms with E-state index in [0.717, 1.165) is 19.5 Å². The molecule has 4 heteroatoms. The lowest BCUT2D eigenvalue weighted by atomic mass is 10.0. The molecule has 0 aromatic carbocycles. The second kappa shape index (κ2) is 7.41. The highest BCUT2D eigenvalue weighted by Gasteiger charge is 2.36. The molecule has 1 aliphatic carbocycles. The first-order valence-corrected chi connectivity index (χ1v) is 8.41. The first-order chi connectivity index (χ1) is 9.61. The average molecular weight is 281 g/mol. The van der Waals surface area contributed by atoms with Crippen LogP contribution in [0.5, 0.6) is 0 Å². The van der Waals surface area contributed by atoms with Gasteiger partial charge in [0.05, 0.1) is 6.04 Å². The van der Waals surface area contributed by atoms with E-state index in [4.69, 9.17) is 0 Å². The Hall–Kier alpha value is -0.610. The molecule has 1 aliphatic heterocycles. The Morgan fingerprint density at radius 3 is 2.60 bits per heavy atom. The summed E-state index contributed by atoms with van der Waals surface area (Å²) in [5, 5.41) is 6.73. The maximum Gasteiger partial charge on any atom is 0.237 e. The van der Waals surface area contributed by atoms with E-state index < -0.39 is 0 Å². The number of nitrogens with one attached hydrogen (secondary N) is 2. The molecule has 0 radical (unpaired) electrons. The van der Waals surface area contributed by atoms with Gasteiger partial charge in [-0.3, -0.25) is 9.69 Å². The van der Waals surface area contributed by atoms with Crippen molar-refractivity contribution < 1.29 is 4.79 Å². The Bertz CT molecular complexity index is 311. The first kappa shape index (κ1) is 15.8. The maximum absolute atomic E-state index is 12.4. The third-order valence-electron chi connectivity index (χ3n) is 4.74. The van der Waals surface area contributed by atoms with Crippen molar-refractivity contribution in [2.24, 2.45) is 0 Å². The minimum absolute atomic E-state index is 0.000210. The number of rotatable bonds is 7. The Morgan fingerprint density at radius 1 is 1.30 bits per heavy atom. The summed E-state index contributed by atoms with van der Waals surface area (Å²) < 4.78 is 0. The number of hydrogen-bond acceptors (Lipinski definition) is 3. The van der Waals surface area contributed by atoms with Crippen molar-refractivity contribution in [3.8, 4) is 0 Å². The SMILES string of the molecule is CCC(C)NC(=O)C(C)N(CC1CCCCN1)C1CC1. The van der Waals surface area contributed by atoms with E-state index in [-0.39, 0.29) is 18.0 Å². The zero-order valence-corrected chi connectivity index (χ0v) is 13.3. The lowest BCUT2D eigenvalue weighted by Gasteiger charge is -2.34. The summed E-state index contributed by atoms with van der Waals surface area (Å²) in [7, 11) is 0. The standard InChI is InChI=1S/C16H31N3O/c1-4-12(2)18-16(20)13(3)19(15-8-9-15)11-14-7-5-6-10-17-14/h12-15,17H,4-11H2,1-3H3,(H,18,20). The van der Waals surface area contributed by atoms with E-state index in [1.807, 2.05) is 0 Å². The van der Waals surface area contributed by atoms with Crippen molar-refractivity contribution >= 4 is 5.91 Å². The number of piperidine rings is 1. The molecule has 0 aromatic heterocycles.